The van der Waals surface area contributed by atoms with Crippen molar-refractivity contribution in [2.24, 2.45) is 0 Å². The van der Waals surface area contributed by atoms with Crippen molar-refractivity contribution in [3.8, 4) is 5.75 Å². The number of halogens is 2. The molecule has 0 amide bonds. The minimum atomic E-state index is 0.0450. The Morgan fingerprint density at radius 2 is 1.87 bits per heavy atom. The van der Waals surface area contributed by atoms with E-state index in [0.717, 1.165) is 11.3 Å². The Morgan fingerprint density at radius 3 is 2.52 bits per heavy atom. The second kappa shape index (κ2) is 8.39. The molecule has 2 aromatic rings. The van der Waals surface area contributed by atoms with Crippen LogP contribution in [0.25, 0.3) is 0 Å². The molecule has 0 aliphatic carbocycles. The summed E-state index contributed by atoms with van der Waals surface area (Å²) in [6, 6.07) is 13.3. The largest absolute Gasteiger partial charge is 0.494 e. The van der Waals surface area contributed by atoms with Crippen molar-refractivity contribution in [1.29, 1.82) is 0 Å². The number of hydrogen-bond acceptors (Lipinski definition) is 2. The molecule has 0 saturated heterocycles. The van der Waals surface area contributed by atoms with E-state index in [2.05, 4.69) is 10.6 Å². The predicted molar refractivity (Wildman–Crippen MR) is 102 cm³/mol. The van der Waals surface area contributed by atoms with Gasteiger partial charge in [0, 0.05) is 0 Å². The van der Waals surface area contributed by atoms with Gasteiger partial charge in [0.05, 0.1) is 28.4 Å². The lowest BCUT2D eigenvalue weighted by Crippen LogP contribution is -2.31. The van der Waals surface area contributed by atoms with Crippen LogP contribution in [0, 0.1) is 0 Å². The third kappa shape index (κ3) is 4.99. The molecule has 6 heteroatoms. The molecule has 0 aromatic heterocycles. The van der Waals surface area contributed by atoms with Crippen molar-refractivity contribution in [2.45, 2.75) is 19.9 Å². The third-order valence-electron chi connectivity index (χ3n) is 3.24. The minimum absolute atomic E-state index is 0.0450. The number of ether oxygens (including phenoxy) is 1. The topological polar surface area (TPSA) is 33.3 Å². The SMILES string of the molecule is CCOc1ccc(C(C)NC(=S)Nc2cccc(Cl)c2Cl)cc1. The summed E-state index contributed by atoms with van der Waals surface area (Å²) in [6.07, 6.45) is 0. The number of rotatable bonds is 5. The van der Waals surface area contributed by atoms with E-state index >= 15 is 0 Å². The first kappa shape index (κ1) is 17.9. The minimum Gasteiger partial charge on any atom is -0.494 e. The molecule has 0 heterocycles. The van der Waals surface area contributed by atoms with Crippen LogP contribution in [0.1, 0.15) is 25.5 Å². The highest BCUT2D eigenvalue weighted by molar-refractivity contribution is 7.80. The lowest BCUT2D eigenvalue weighted by atomic mass is 10.1. The van der Waals surface area contributed by atoms with Gasteiger partial charge < -0.3 is 15.4 Å². The quantitative estimate of drug-likeness (QED) is 0.688. The first-order chi connectivity index (χ1) is 11.0. The van der Waals surface area contributed by atoms with Crippen LogP contribution in [-0.2, 0) is 0 Å². The maximum absolute atomic E-state index is 6.14. The lowest BCUT2D eigenvalue weighted by Gasteiger charge is -2.18. The van der Waals surface area contributed by atoms with E-state index < -0.39 is 0 Å². The molecule has 1 unspecified atom stereocenters. The normalized spacial score (nSPS) is 11.7. The number of nitrogens with one attached hydrogen (secondary N) is 2. The van der Waals surface area contributed by atoms with Crippen LogP contribution in [0.2, 0.25) is 10.0 Å². The van der Waals surface area contributed by atoms with Crippen molar-refractivity contribution >= 4 is 46.2 Å². The van der Waals surface area contributed by atoms with E-state index in [1.165, 1.54) is 0 Å². The van der Waals surface area contributed by atoms with Crippen molar-refractivity contribution in [3.05, 3.63) is 58.1 Å². The number of hydrogen-bond donors (Lipinski definition) is 2. The monoisotopic (exact) mass is 368 g/mol. The van der Waals surface area contributed by atoms with Gasteiger partial charge in [-0.3, -0.25) is 0 Å². The van der Waals surface area contributed by atoms with Gasteiger partial charge in [0.15, 0.2) is 5.11 Å². The molecule has 3 nitrogen and oxygen atoms in total. The van der Waals surface area contributed by atoms with E-state index in [1.807, 2.05) is 50.2 Å². The average molecular weight is 369 g/mol. The second-order valence-electron chi connectivity index (χ2n) is 4.92. The fourth-order valence-corrected chi connectivity index (χ4v) is 2.69. The Labute approximate surface area is 151 Å². The molecule has 0 radical (unpaired) electrons. The first-order valence-electron chi connectivity index (χ1n) is 7.25. The van der Waals surface area contributed by atoms with E-state index in [0.29, 0.717) is 27.5 Å². The Hall–Kier alpha value is -1.49. The molecule has 122 valence electrons. The molecule has 0 bridgehead atoms. The number of benzene rings is 2. The molecule has 2 aromatic carbocycles. The summed E-state index contributed by atoms with van der Waals surface area (Å²) in [6.45, 7) is 4.65. The highest BCUT2D eigenvalue weighted by Gasteiger charge is 2.10. The Kier molecular flexibility index (Phi) is 6.51. The summed E-state index contributed by atoms with van der Waals surface area (Å²) in [5.41, 5.74) is 1.78. The first-order valence-corrected chi connectivity index (χ1v) is 8.42. The maximum atomic E-state index is 6.14. The molecule has 0 aliphatic heterocycles. The molecule has 23 heavy (non-hydrogen) atoms. The van der Waals surface area contributed by atoms with Crippen molar-refractivity contribution in [1.82, 2.24) is 5.32 Å². The molecule has 2 N–H and O–H groups in total. The maximum Gasteiger partial charge on any atom is 0.171 e. The molecular formula is C17H18Cl2N2OS. The van der Waals surface area contributed by atoms with Gasteiger partial charge in [-0.05, 0) is 55.9 Å². The number of thiocarbonyl (C=S) groups is 1. The highest BCUT2D eigenvalue weighted by Crippen LogP contribution is 2.29. The smallest absolute Gasteiger partial charge is 0.171 e. The van der Waals surface area contributed by atoms with E-state index in [-0.39, 0.29) is 6.04 Å². The van der Waals surface area contributed by atoms with E-state index in [9.17, 15) is 0 Å². The number of anilines is 1. The molecule has 2 rings (SSSR count). The van der Waals surface area contributed by atoms with Gasteiger partial charge in [0.25, 0.3) is 0 Å². The molecule has 0 spiro atoms. The summed E-state index contributed by atoms with van der Waals surface area (Å²) in [4.78, 5) is 0. The molecule has 1 atom stereocenters. The van der Waals surface area contributed by atoms with E-state index in [4.69, 9.17) is 40.2 Å². The van der Waals surface area contributed by atoms with Crippen LogP contribution in [0.5, 0.6) is 5.75 Å². The van der Waals surface area contributed by atoms with Gasteiger partial charge in [0.1, 0.15) is 5.75 Å². The van der Waals surface area contributed by atoms with Gasteiger partial charge in [-0.2, -0.15) is 0 Å². The molecule has 0 fully saturated rings. The molecule has 0 aliphatic rings. The van der Waals surface area contributed by atoms with Gasteiger partial charge in [-0.1, -0.05) is 41.4 Å². The second-order valence-corrected chi connectivity index (χ2v) is 6.12. The van der Waals surface area contributed by atoms with Gasteiger partial charge in [-0.25, -0.2) is 0 Å². The van der Waals surface area contributed by atoms with Crippen LogP contribution in [0.15, 0.2) is 42.5 Å². The third-order valence-corrected chi connectivity index (χ3v) is 4.28. The summed E-state index contributed by atoms with van der Waals surface area (Å²) in [5.74, 6) is 0.856. The fourth-order valence-electron chi connectivity index (χ4n) is 2.06. The summed E-state index contributed by atoms with van der Waals surface area (Å²) >= 11 is 17.5. The Balaban J connectivity index is 1.97. The fraction of sp³-hybridized carbons (Fsp3) is 0.235. The average Bonchev–Trinajstić information content (AvgIpc) is 2.53. The lowest BCUT2D eigenvalue weighted by molar-refractivity contribution is 0.340. The summed E-state index contributed by atoms with van der Waals surface area (Å²) in [7, 11) is 0. The standard InChI is InChI=1S/C17H18Cl2N2OS/c1-3-22-13-9-7-12(8-10-13)11(2)20-17(23)21-15-6-4-5-14(18)16(15)19/h4-11H,3H2,1-2H3,(H2,20,21,23). The Bertz CT molecular complexity index is 677. The highest BCUT2D eigenvalue weighted by atomic mass is 35.5. The zero-order valence-electron chi connectivity index (χ0n) is 12.9. The predicted octanol–water partition coefficient (Wildman–Crippen LogP) is 5.44. The van der Waals surface area contributed by atoms with Crippen LogP contribution in [-0.4, -0.2) is 11.7 Å². The summed E-state index contributed by atoms with van der Waals surface area (Å²) < 4.78 is 5.44. The van der Waals surface area contributed by atoms with Crippen molar-refractivity contribution in [3.63, 3.8) is 0 Å². The van der Waals surface area contributed by atoms with Crippen molar-refractivity contribution < 1.29 is 4.74 Å². The van der Waals surface area contributed by atoms with Crippen LogP contribution >= 0.6 is 35.4 Å². The summed E-state index contributed by atoms with van der Waals surface area (Å²) in [5, 5.41) is 7.70. The Morgan fingerprint density at radius 1 is 1.17 bits per heavy atom. The van der Waals surface area contributed by atoms with E-state index in [1.54, 1.807) is 6.07 Å². The van der Waals surface area contributed by atoms with Crippen molar-refractivity contribution in [2.75, 3.05) is 11.9 Å². The molecule has 0 saturated carbocycles. The zero-order valence-corrected chi connectivity index (χ0v) is 15.2. The molecular weight excluding hydrogens is 351 g/mol. The van der Waals surface area contributed by atoms with Gasteiger partial charge >= 0.3 is 0 Å². The van der Waals surface area contributed by atoms with Crippen LogP contribution in [0.4, 0.5) is 5.69 Å². The van der Waals surface area contributed by atoms with Crippen LogP contribution < -0.4 is 15.4 Å². The zero-order chi connectivity index (χ0) is 16.8. The van der Waals surface area contributed by atoms with Gasteiger partial charge in [-0.15, -0.1) is 0 Å². The van der Waals surface area contributed by atoms with Crippen LogP contribution in [0.3, 0.4) is 0 Å². The van der Waals surface area contributed by atoms with Gasteiger partial charge in [0.2, 0.25) is 0 Å².